The van der Waals surface area contributed by atoms with Crippen molar-refractivity contribution in [3.8, 4) is 5.88 Å². The maximum absolute atomic E-state index is 10.5. The van der Waals surface area contributed by atoms with Crippen LogP contribution in [0.3, 0.4) is 0 Å². The largest absolute Gasteiger partial charge is 0.476 e. The lowest BCUT2D eigenvalue weighted by Gasteiger charge is -2.25. The van der Waals surface area contributed by atoms with Crippen LogP contribution < -0.4 is 4.74 Å². The Kier molecular flexibility index (Phi) is 4.46. The predicted molar refractivity (Wildman–Crippen MR) is 66.7 cm³/mol. The minimum absolute atomic E-state index is 0.0154. The molecule has 1 aromatic rings. The fourth-order valence-electron chi connectivity index (χ4n) is 2.03. The van der Waals surface area contributed by atoms with E-state index in [0.717, 1.165) is 19.6 Å². The van der Waals surface area contributed by atoms with E-state index in [2.05, 4.69) is 9.88 Å². The van der Waals surface area contributed by atoms with Gasteiger partial charge in [-0.05, 0) is 25.9 Å². The first-order valence-corrected chi connectivity index (χ1v) is 6.21. The highest BCUT2D eigenvalue weighted by Gasteiger charge is 2.10. The minimum atomic E-state index is -0.468. The summed E-state index contributed by atoms with van der Waals surface area (Å²) in [6.45, 7) is 3.73. The van der Waals surface area contributed by atoms with Crippen LogP contribution in [0.25, 0.3) is 0 Å². The molecule has 1 aliphatic heterocycles. The highest BCUT2D eigenvalue weighted by molar-refractivity contribution is 5.28. The second-order valence-corrected chi connectivity index (χ2v) is 4.36. The summed E-state index contributed by atoms with van der Waals surface area (Å²) in [7, 11) is 0. The molecule has 98 valence electrons. The van der Waals surface area contributed by atoms with Gasteiger partial charge in [-0.1, -0.05) is 6.42 Å². The van der Waals surface area contributed by atoms with Gasteiger partial charge in [0.1, 0.15) is 12.8 Å². The maximum Gasteiger partial charge on any atom is 0.287 e. The molecule has 18 heavy (non-hydrogen) atoms. The van der Waals surface area contributed by atoms with Crippen LogP contribution in [0.15, 0.2) is 18.3 Å². The standard InChI is InChI=1S/C12H17N3O3/c16-15(17)11-4-5-12(13-10-11)18-9-8-14-6-2-1-3-7-14/h4-5,10H,1-3,6-9H2. The zero-order valence-corrected chi connectivity index (χ0v) is 10.2. The number of hydrogen-bond acceptors (Lipinski definition) is 5. The molecule has 0 spiro atoms. The molecule has 0 unspecified atom stereocenters. The molecule has 0 aromatic carbocycles. The fourth-order valence-corrected chi connectivity index (χ4v) is 2.03. The van der Waals surface area contributed by atoms with Crippen molar-refractivity contribution < 1.29 is 9.66 Å². The number of piperidine rings is 1. The van der Waals surface area contributed by atoms with Crippen LogP contribution in [0.5, 0.6) is 5.88 Å². The van der Waals surface area contributed by atoms with Crippen LogP contribution in [0.1, 0.15) is 19.3 Å². The van der Waals surface area contributed by atoms with E-state index < -0.39 is 4.92 Å². The zero-order valence-electron chi connectivity index (χ0n) is 10.2. The van der Waals surface area contributed by atoms with Gasteiger partial charge in [0.05, 0.1) is 4.92 Å². The highest BCUT2D eigenvalue weighted by atomic mass is 16.6. The Morgan fingerprint density at radius 3 is 2.72 bits per heavy atom. The number of ether oxygens (including phenoxy) is 1. The van der Waals surface area contributed by atoms with Crippen LogP contribution in [0, 0.1) is 10.1 Å². The summed E-state index contributed by atoms with van der Waals surface area (Å²) in [5.74, 6) is 0.442. The fraction of sp³-hybridized carbons (Fsp3) is 0.583. The molecule has 1 aromatic heterocycles. The summed E-state index contributed by atoms with van der Waals surface area (Å²) < 4.78 is 5.47. The first-order chi connectivity index (χ1) is 8.75. The van der Waals surface area contributed by atoms with E-state index >= 15 is 0 Å². The maximum atomic E-state index is 10.5. The molecule has 0 amide bonds. The Morgan fingerprint density at radius 1 is 1.33 bits per heavy atom. The summed E-state index contributed by atoms with van der Waals surface area (Å²) in [5, 5.41) is 10.5. The third kappa shape index (κ3) is 3.66. The Balaban J connectivity index is 1.74. The molecule has 6 nitrogen and oxygen atoms in total. The summed E-state index contributed by atoms with van der Waals surface area (Å²) in [5.41, 5.74) is -0.0154. The van der Waals surface area contributed by atoms with Crippen molar-refractivity contribution >= 4 is 5.69 Å². The topological polar surface area (TPSA) is 68.5 Å². The molecular formula is C12H17N3O3. The van der Waals surface area contributed by atoms with Gasteiger partial charge in [0.15, 0.2) is 0 Å². The lowest BCUT2D eigenvalue weighted by atomic mass is 10.1. The quantitative estimate of drug-likeness (QED) is 0.590. The van der Waals surface area contributed by atoms with Gasteiger partial charge < -0.3 is 4.74 Å². The number of rotatable bonds is 5. The van der Waals surface area contributed by atoms with Crippen molar-refractivity contribution in [1.82, 2.24) is 9.88 Å². The Bertz CT molecular complexity index is 388. The summed E-state index contributed by atoms with van der Waals surface area (Å²) in [4.78, 5) is 16.3. The van der Waals surface area contributed by atoms with Crippen molar-refractivity contribution in [2.45, 2.75) is 19.3 Å². The third-order valence-electron chi connectivity index (χ3n) is 3.04. The van der Waals surface area contributed by atoms with Crippen LogP contribution in [-0.4, -0.2) is 41.0 Å². The average Bonchev–Trinajstić information content (AvgIpc) is 2.40. The molecule has 2 heterocycles. The van der Waals surface area contributed by atoms with E-state index in [1.807, 2.05) is 0 Å². The number of likely N-dealkylation sites (tertiary alicyclic amines) is 1. The van der Waals surface area contributed by atoms with Crippen molar-refractivity contribution in [1.29, 1.82) is 0 Å². The number of aromatic nitrogens is 1. The molecule has 0 bridgehead atoms. The number of hydrogen-bond donors (Lipinski definition) is 0. The van der Waals surface area contributed by atoms with Gasteiger partial charge in [-0.3, -0.25) is 15.0 Å². The molecule has 1 fully saturated rings. The number of nitrogens with zero attached hydrogens (tertiary/aromatic N) is 3. The minimum Gasteiger partial charge on any atom is -0.476 e. The molecule has 1 saturated heterocycles. The molecule has 0 saturated carbocycles. The van der Waals surface area contributed by atoms with Gasteiger partial charge >= 0.3 is 0 Å². The first kappa shape index (κ1) is 12.8. The molecule has 0 atom stereocenters. The third-order valence-corrected chi connectivity index (χ3v) is 3.04. The molecule has 1 aliphatic rings. The first-order valence-electron chi connectivity index (χ1n) is 6.21. The summed E-state index contributed by atoms with van der Waals surface area (Å²) in [6, 6.07) is 2.94. The van der Waals surface area contributed by atoms with Gasteiger partial charge in [-0.2, -0.15) is 0 Å². The van der Waals surface area contributed by atoms with Gasteiger partial charge in [0, 0.05) is 18.7 Å². The lowest BCUT2D eigenvalue weighted by Crippen LogP contribution is -2.33. The summed E-state index contributed by atoms with van der Waals surface area (Å²) in [6.07, 6.45) is 5.06. The second kappa shape index (κ2) is 6.30. The molecule has 6 heteroatoms. The van der Waals surface area contributed by atoms with Gasteiger partial charge in [0.25, 0.3) is 5.69 Å². The number of pyridine rings is 1. The Morgan fingerprint density at radius 2 is 2.11 bits per heavy atom. The molecule has 0 radical (unpaired) electrons. The summed E-state index contributed by atoms with van der Waals surface area (Å²) >= 11 is 0. The second-order valence-electron chi connectivity index (χ2n) is 4.36. The van der Waals surface area contributed by atoms with E-state index in [4.69, 9.17) is 4.74 Å². The number of nitro groups is 1. The van der Waals surface area contributed by atoms with Crippen molar-refractivity contribution in [2.24, 2.45) is 0 Å². The molecule has 2 rings (SSSR count). The Labute approximate surface area is 106 Å². The smallest absolute Gasteiger partial charge is 0.287 e. The van der Waals surface area contributed by atoms with Crippen LogP contribution in [-0.2, 0) is 0 Å². The van der Waals surface area contributed by atoms with Crippen LogP contribution in [0.4, 0.5) is 5.69 Å². The van der Waals surface area contributed by atoms with Crippen molar-refractivity contribution in [2.75, 3.05) is 26.2 Å². The molecule has 0 N–H and O–H groups in total. The monoisotopic (exact) mass is 251 g/mol. The normalized spacial score (nSPS) is 16.4. The van der Waals surface area contributed by atoms with E-state index in [9.17, 15) is 10.1 Å². The Hall–Kier alpha value is -1.69. The highest BCUT2D eigenvalue weighted by Crippen LogP contribution is 2.13. The van der Waals surface area contributed by atoms with Gasteiger partial charge in [0.2, 0.25) is 5.88 Å². The SMILES string of the molecule is O=[N+]([O-])c1ccc(OCCN2CCCCC2)nc1. The molecular weight excluding hydrogens is 234 g/mol. The van der Waals surface area contributed by atoms with Crippen LogP contribution >= 0.6 is 0 Å². The zero-order chi connectivity index (χ0) is 12.8. The van der Waals surface area contributed by atoms with Crippen LogP contribution in [0.2, 0.25) is 0 Å². The molecule has 0 aliphatic carbocycles. The van der Waals surface area contributed by atoms with E-state index in [-0.39, 0.29) is 5.69 Å². The van der Waals surface area contributed by atoms with Crippen molar-refractivity contribution in [3.05, 3.63) is 28.4 Å². The lowest BCUT2D eigenvalue weighted by molar-refractivity contribution is -0.385. The predicted octanol–water partition coefficient (Wildman–Crippen LogP) is 1.85. The van der Waals surface area contributed by atoms with Gasteiger partial charge in [-0.15, -0.1) is 0 Å². The average molecular weight is 251 g/mol. The van der Waals surface area contributed by atoms with E-state index in [0.29, 0.717) is 12.5 Å². The van der Waals surface area contributed by atoms with E-state index in [1.165, 1.54) is 37.6 Å². The van der Waals surface area contributed by atoms with Gasteiger partial charge in [-0.25, -0.2) is 4.98 Å². The van der Waals surface area contributed by atoms with E-state index in [1.54, 1.807) is 0 Å². The van der Waals surface area contributed by atoms with Crippen molar-refractivity contribution in [3.63, 3.8) is 0 Å².